The molecule has 0 radical (unpaired) electrons. The Labute approximate surface area is 127 Å². The first-order valence-electron chi connectivity index (χ1n) is 7.41. The lowest BCUT2D eigenvalue weighted by Gasteiger charge is -2.24. The quantitative estimate of drug-likeness (QED) is 0.903. The molecule has 0 aliphatic carbocycles. The largest absolute Gasteiger partial charge is 0.484 e. The lowest BCUT2D eigenvalue weighted by molar-refractivity contribution is 0.178. The maximum atomic E-state index is 6.22. The van der Waals surface area contributed by atoms with Gasteiger partial charge in [-0.3, -0.25) is 4.98 Å². The van der Waals surface area contributed by atoms with E-state index in [1.54, 1.807) is 6.20 Å². The highest BCUT2D eigenvalue weighted by molar-refractivity contribution is 5.38. The van der Waals surface area contributed by atoms with Crippen LogP contribution in [0.4, 0.5) is 0 Å². The first kappa shape index (κ1) is 15.5. The zero-order valence-electron chi connectivity index (χ0n) is 13.2. The van der Waals surface area contributed by atoms with Gasteiger partial charge in [0.1, 0.15) is 11.9 Å². The Morgan fingerprint density at radius 1 is 1.10 bits per heavy atom. The third-order valence-corrected chi connectivity index (χ3v) is 3.62. The molecule has 2 atom stereocenters. The molecule has 0 spiro atoms. The number of nitrogens with zero attached hydrogens (tertiary/aromatic N) is 1. The van der Waals surface area contributed by atoms with E-state index < -0.39 is 0 Å². The average molecular weight is 284 g/mol. The summed E-state index contributed by atoms with van der Waals surface area (Å²) in [4.78, 5) is 4.16. The number of benzene rings is 1. The second-order valence-corrected chi connectivity index (χ2v) is 5.86. The zero-order chi connectivity index (χ0) is 15.4. The summed E-state index contributed by atoms with van der Waals surface area (Å²) in [5.74, 6) is 1.37. The van der Waals surface area contributed by atoms with Gasteiger partial charge in [0.05, 0.1) is 0 Å². The van der Waals surface area contributed by atoms with Gasteiger partial charge in [-0.15, -0.1) is 0 Å². The molecule has 0 bridgehead atoms. The monoisotopic (exact) mass is 284 g/mol. The molecule has 0 fully saturated rings. The zero-order valence-corrected chi connectivity index (χ0v) is 13.2. The van der Waals surface area contributed by atoms with Crippen molar-refractivity contribution < 1.29 is 4.74 Å². The van der Waals surface area contributed by atoms with Crippen LogP contribution in [0.15, 0.2) is 42.7 Å². The molecule has 21 heavy (non-hydrogen) atoms. The van der Waals surface area contributed by atoms with Crippen LogP contribution in [0.5, 0.6) is 5.75 Å². The smallest absolute Gasteiger partial charge is 0.140 e. The molecule has 1 heterocycles. The molecule has 0 saturated carbocycles. The molecule has 2 unspecified atom stereocenters. The number of nitrogens with two attached hydrogens (primary N) is 1. The van der Waals surface area contributed by atoms with E-state index in [0.29, 0.717) is 5.92 Å². The first-order valence-corrected chi connectivity index (χ1v) is 7.41. The fourth-order valence-corrected chi connectivity index (χ4v) is 2.26. The number of hydrogen-bond acceptors (Lipinski definition) is 3. The lowest BCUT2D eigenvalue weighted by atomic mass is 10.0. The van der Waals surface area contributed by atoms with Crippen LogP contribution < -0.4 is 10.5 Å². The van der Waals surface area contributed by atoms with Crippen LogP contribution >= 0.6 is 0 Å². The Morgan fingerprint density at radius 2 is 1.86 bits per heavy atom. The third kappa shape index (κ3) is 3.82. The molecule has 0 aliphatic rings. The minimum Gasteiger partial charge on any atom is -0.484 e. The number of aromatic nitrogens is 1. The van der Waals surface area contributed by atoms with Gasteiger partial charge in [-0.1, -0.05) is 32.0 Å². The van der Waals surface area contributed by atoms with E-state index in [9.17, 15) is 0 Å². The predicted molar refractivity (Wildman–Crippen MR) is 86.5 cm³/mol. The number of rotatable bonds is 5. The Morgan fingerprint density at radius 3 is 2.43 bits per heavy atom. The highest BCUT2D eigenvalue weighted by Gasteiger charge is 2.19. The predicted octanol–water partition coefficient (Wildman–Crippen LogP) is 3.98. The van der Waals surface area contributed by atoms with Crippen molar-refractivity contribution in [3.63, 3.8) is 0 Å². The van der Waals surface area contributed by atoms with Crippen LogP contribution in [0.25, 0.3) is 0 Å². The van der Waals surface area contributed by atoms with Gasteiger partial charge in [-0.25, -0.2) is 0 Å². The van der Waals surface area contributed by atoms with Crippen LogP contribution in [0.2, 0.25) is 0 Å². The normalized spacial score (nSPS) is 14.0. The van der Waals surface area contributed by atoms with Crippen molar-refractivity contribution in [1.82, 2.24) is 4.98 Å². The Kier molecular flexibility index (Phi) is 4.97. The van der Waals surface area contributed by atoms with Gasteiger partial charge in [-0.2, -0.15) is 0 Å². The molecule has 1 aromatic carbocycles. The first-order chi connectivity index (χ1) is 9.99. The Hall–Kier alpha value is -1.87. The van der Waals surface area contributed by atoms with Gasteiger partial charge in [0.25, 0.3) is 0 Å². The van der Waals surface area contributed by atoms with Crippen molar-refractivity contribution >= 4 is 0 Å². The highest BCUT2D eigenvalue weighted by atomic mass is 16.5. The second kappa shape index (κ2) is 6.72. The van der Waals surface area contributed by atoms with E-state index in [0.717, 1.165) is 16.9 Å². The molecular formula is C18H24N2O. The highest BCUT2D eigenvalue weighted by Crippen LogP contribution is 2.29. The second-order valence-electron chi connectivity index (χ2n) is 5.86. The van der Waals surface area contributed by atoms with Crippen molar-refractivity contribution in [2.75, 3.05) is 0 Å². The van der Waals surface area contributed by atoms with Gasteiger partial charge in [0.2, 0.25) is 0 Å². The van der Waals surface area contributed by atoms with Crippen LogP contribution in [-0.4, -0.2) is 11.0 Å². The van der Waals surface area contributed by atoms with E-state index in [1.807, 2.05) is 25.3 Å². The van der Waals surface area contributed by atoms with E-state index >= 15 is 0 Å². The molecule has 3 heteroatoms. The number of pyridine rings is 1. The minimum absolute atomic E-state index is 0.115. The van der Waals surface area contributed by atoms with E-state index in [-0.39, 0.29) is 12.1 Å². The molecule has 2 N–H and O–H groups in total. The maximum Gasteiger partial charge on any atom is 0.140 e. The summed E-state index contributed by atoms with van der Waals surface area (Å²) in [7, 11) is 0. The van der Waals surface area contributed by atoms with Gasteiger partial charge < -0.3 is 10.5 Å². The fraction of sp³-hybridized carbons (Fsp3) is 0.389. The van der Waals surface area contributed by atoms with E-state index in [1.165, 1.54) is 5.56 Å². The van der Waals surface area contributed by atoms with Crippen LogP contribution in [0, 0.1) is 6.92 Å². The maximum absolute atomic E-state index is 6.22. The number of aryl methyl sites for hydroxylation is 1. The van der Waals surface area contributed by atoms with E-state index in [2.05, 4.69) is 44.0 Å². The van der Waals surface area contributed by atoms with Crippen LogP contribution in [-0.2, 0) is 0 Å². The third-order valence-electron chi connectivity index (χ3n) is 3.62. The van der Waals surface area contributed by atoms with Crippen molar-refractivity contribution in [2.24, 2.45) is 5.73 Å². The van der Waals surface area contributed by atoms with Crippen molar-refractivity contribution in [3.8, 4) is 5.75 Å². The van der Waals surface area contributed by atoms with Crippen LogP contribution in [0.1, 0.15) is 49.5 Å². The summed E-state index contributed by atoms with van der Waals surface area (Å²) < 4.78 is 6.22. The molecule has 0 saturated heterocycles. The molecule has 0 aliphatic heterocycles. The molecule has 112 valence electrons. The SMILES string of the molecule is Cc1ccc(C(C)C)cc1OC(c1cccnc1)C(C)N. The molecular weight excluding hydrogens is 260 g/mol. The topological polar surface area (TPSA) is 48.1 Å². The summed E-state index contributed by atoms with van der Waals surface area (Å²) in [6.45, 7) is 8.37. The minimum atomic E-state index is -0.195. The van der Waals surface area contributed by atoms with Crippen molar-refractivity contribution in [1.29, 1.82) is 0 Å². The fourth-order valence-electron chi connectivity index (χ4n) is 2.26. The summed E-state index contributed by atoms with van der Waals surface area (Å²) >= 11 is 0. The van der Waals surface area contributed by atoms with Crippen molar-refractivity contribution in [2.45, 2.75) is 45.8 Å². The van der Waals surface area contributed by atoms with Crippen LogP contribution in [0.3, 0.4) is 0 Å². The average Bonchev–Trinajstić information content (AvgIpc) is 2.46. The number of hydrogen-bond donors (Lipinski definition) is 1. The molecule has 1 aromatic heterocycles. The van der Waals surface area contributed by atoms with Gasteiger partial charge in [0.15, 0.2) is 0 Å². The van der Waals surface area contributed by atoms with E-state index in [4.69, 9.17) is 10.5 Å². The molecule has 0 amide bonds. The summed E-state index contributed by atoms with van der Waals surface area (Å²) in [5.41, 5.74) is 9.50. The summed E-state index contributed by atoms with van der Waals surface area (Å²) in [6.07, 6.45) is 3.38. The molecule has 2 aromatic rings. The lowest BCUT2D eigenvalue weighted by Crippen LogP contribution is -2.29. The summed E-state index contributed by atoms with van der Waals surface area (Å²) in [5, 5.41) is 0. The summed E-state index contributed by atoms with van der Waals surface area (Å²) in [6, 6.07) is 10.2. The Balaban J connectivity index is 2.31. The molecule has 3 nitrogen and oxygen atoms in total. The number of ether oxygens (including phenoxy) is 1. The standard InChI is InChI=1S/C18H24N2O/c1-12(2)15-8-7-13(3)17(10-15)21-18(14(4)19)16-6-5-9-20-11-16/h5-12,14,18H,19H2,1-4H3. The van der Waals surface area contributed by atoms with Crippen molar-refractivity contribution in [3.05, 3.63) is 59.4 Å². The molecule has 2 rings (SSSR count). The van der Waals surface area contributed by atoms with Gasteiger partial charge in [-0.05, 0) is 43.0 Å². The Bertz CT molecular complexity index is 579. The van der Waals surface area contributed by atoms with Gasteiger partial charge >= 0.3 is 0 Å². The van der Waals surface area contributed by atoms with Gasteiger partial charge in [0, 0.05) is 24.0 Å².